The first-order chi connectivity index (χ1) is 9.75. The summed E-state index contributed by atoms with van der Waals surface area (Å²) in [5.74, 6) is 0.785. The normalized spacial score (nSPS) is 17.6. The molecule has 1 aromatic heterocycles. The summed E-state index contributed by atoms with van der Waals surface area (Å²) in [7, 11) is 0. The van der Waals surface area contributed by atoms with E-state index in [1.54, 1.807) is 11.3 Å². The van der Waals surface area contributed by atoms with Gasteiger partial charge in [-0.25, -0.2) is 0 Å². The maximum Gasteiger partial charge on any atom is 0.0800 e. The topological polar surface area (TPSA) is 47.7 Å². The lowest BCUT2D eigenvalue weighted by Gasteiger charge is -2.28. The molecule has 2 nitrogen and oxygen atoms in total. The van der Waals surface area contributed by atoms with Crippen LogP contribution in [0.2, 0.25) is 0 Å². The molecule has 0 aliphatic heterocycles. The molecule has 0 amide bonds. The highest BCUT2D eigenvalue weighted by Crippen LogP contribution is 2.36. The molecule has 1 aromatic carbocycles. The van der Waals surface area contributed by atoms with Crippen LogP contribution in [0.15, 0.2) is 29.6 Å². The zero-order valence-electron chi connectivity index (χ0n) is 11.2. The summed E-state index contributed by atoms with van der Waals surface area (Å²) in [5.41, 5.74) is 5.35. The Morgan fingerprint density at radius 3 is 2.65 bits per heavy atom. The van der Waals surface area contributed by atoms with Gasteiger partial charge in [0.1, 0.15) is 0 Å². The van der Waals surface area contributed by atoms with Gasteiger partial charge in [-0.2, -0.15) is 0 Å². The molecule has 100 valence electrons. The molecule has 2 aliphatic carbocycles. The van der Waals surface area contributed by atoms with Gasteiger partial charge in [-0.15, -0.1) is 11.3 Å². The fourth-order valence-corrected chi connectivity index (χ4v) is 4.10. The molecular formula is C17H16N2S. The molecule has 4 rings (SSSR count). The smallest absolute Gasteiger partial charge is 0.0800 e. The Bertz CT molecular complexity index is 722. The largest absolute Gasteiger partial charge is 0.300 e. The van der Waals surface area contributed by atoms with Crippen molar-refractivity contribution in [3.8, 4) is 0 Å². The highest BCUT2D eigenvalue weighted by atomic mass is 32.1. The zero-order valence-corrected chi connectivity index (χ0v) is 12.0. The Hall–Kier alpha value is -1.74. The molecular weight excluding hydrogens is 264 g/mol. The minimum Gasteiger partial charge on any atom is -0.300 e. The molecule has 2 N–H and O–H groups in total. The maximum absolute atomic E-state index is 8.53. The van der Waals surface area contributed by atoms with Gasteiger partial charge in [0, 0.05) is 16.7 Å². The van der Waals surface area contributed by atoms with Gasteiger partial charge in [0.05, 0.1) is 16.3 Å². The molecule has 0 bridgehead atoms. The lowest BCUT2D eigenvalue weighted by molar-refractivity contribution is 0.314. The summed E-state index contributed by atoms with van der Waals surface area (Å²) < 4.78 is 0. The molecule has 3 heteroatoms. The maximum atomic E-state index is 8.53. The first-order valence-corrected chi connectivity index (χ1v) is 8.01. The molecule has 0 radical (unpaired) electrons. The molecule has 0 atom stereocenters. The minimum absolute atomic E-state index is 0.586. The Morgan fingerprint density at radius 2 is 1.90 bits per heavy atom. The van der Waals surface area contributed by atoms with Crippen LogP contribution in [0.25, 0.3) is 0 Å². The lowest BCUT2D eigenvalue weighted by Crippen LogP contribution is -2.23. The van der Waals surface area contributed by atoms with Crippen LogP contribution < -0.4 is 0 Å². The van der Waals surface area contributed by atoms with Crippen molar-refractivity contribution in [3.63, 3.8) is 0 Å². The predicted octanol–water partition coefficient (Wildman–Crippen LogP) is 4.24. The van der Waals surface area contributed by atoms with E-state index in [2.05, 4.69) is 6.07 Å². The third-order valence-electron chi connectivity index (χ3n) is 4.57. The fraction of sp³-hybridized carbons (Fsp3) is 0.294. The van der Waals surface area contributed by atoms with E-state index in [0.717, 1.165) is 33.9 Å². The van der Waals surface area contributed by atoms with Gasteiger partial charge in [0.15, 0.2) is 0 Å². The second-order valence-corrected chi connectivity index (χ2v) is 6.67. The summed E-state index contributed by atoms with van der Waals surface area (Å²) >= 11 is 1.58. The Balaban J connectivity index is 1.85. The van der Waals surface area contributed by atoms with Gasteiger partial charge in [-0.05, 0) is 29.3 Å². The monoisotopic (exact) mass is 280 g/mol. The highest BCUT2D eigenvalue weighted by molar-refractivity contribution is 7.13. The number of thiophene rings is 1. The van der Waals surface area contributed by atoms with E-state index in [1.807, 2.05) is 23.6 Å². The Morgan fingerprint density at radius 1 is 1.05 bits per heavy atom. The Labute approximate surface area is 122 Å². The van der Waals surface area contributed by atoms with Crippen molar-refractivity contribution in [2.45, 2.75) is 25.7 Å². The van der Waals surface area contributed by atoms with E-state index < -0.39 is 0 Å². The van der Waals surface area contributed by atoms with E-state index in [4.69, 9.17) is 10.8 Å². The van der Waals surface area contributed by atoms with E-state index in [9.17, 15) is 0 Å². The van der Waals surface area contributed by atoms with Crippen LogP contribution in [0.5, 0.6) is 0 Å². The minimum atomic E-state index is 0.586. The standard InChI is InChI=1S/C17H16N2S/c18-15-12-6-2-5-11(9-10-3-1-4-10)14(12)16(19)17-13(15)7-8-20-17/h2,5-8,10,18-19H,1,3-4,9H2. The van der Waals surface area contributed by atoms with Crippen molar-refractivity contribution in [3.05, 3.63) is 56.8 Å². The number of hydrogen-bond donors (Lipinski definition) is 2. The van der Waals surface area contributed by atoms with Gasteiger partial charge in [0.2, 0.25) is 0 Å². The fourth-order valence-electron chi connectivity index (χ4n) is 3.24. The second kappa shape index (κ2) is 4.38. The number of rotatable bonds is 2. The first-order valence-electron chi connectivity index (χ1n) is 7.13. The summed E-state index contributed by atoms with van der Waals surface area (Å²) in [6.07, 6.45) is 5.05. The lowest BCUT2D eigenvalue weighted by atomic mass is 9.77. The van der Waals surface area contributed by atoms with Crippen molar-refractivity contribution >= 4 is 22.8 Å². The summed E-state index contributed by atoms with van der Waals surface area (Å²) in [4.78, 5) is 0.962. The molecule has 0 spiro atoms. The van der Waals surface area contributed by atoms with Crippen LogP contribution >= 0.6 is 11.3 Å². The summed E-state index contributed by atoms with van der Waals surface area (Å²) in [6, 6.07) is 8.17. The van der Waals surface area contributed by atoms with Gasteiger partial charge in [-0.3, -0.25) is 10.8 Å². The van der Waals surface area contributed by atoms with E-state index >= 15 is 0 Å². The quantitative estimate of drug-likeness (QED) is 0.705. The van der Waals surface area contributed by atoms with Crippen molar-refractivity contribution < 1.29 is 0 Å². The van der Waals surface area contributed by atoms with Gasteiger partial charge in [-0.1, -0.05) is 37.5 Å². The molecule has 1 fully saturated rings. The van der Waals surface area contributed by atoms with Crippen molar-refractivity contribution in [1.29, 1.82) is 10.8 Å². The van der Waals surface area contributed by atoms with Crippen LogP contribution in [0.4, 0.5) is 0 Å². The van der Waals surface area contributed by atoms with Gasteiger partial charge in [0.25, 0.3) is 0 Å². The van der Waals surface area contributed by atoms with Crippen LogP contribution in [-0.4, -0.2) is 11.4 Å². The molecule has 2 aliphatic rings. The van der Waals surface area contributed by atoms with E-state index in [1.165, 1.54) is 24.8 Å². The van der Waals surface area contributed by atoms with E-state index in [-0.39, 0.29) is 0 Å². The molecule has 0 saturated heterocycles. The number of benzene rings is 1. The first kappa shape index (κ1) is 12.0. The van der Waals surface area contributed by atoms with Crippen LogP contribution in [-0.2, 0) is 6.42 Å². The molecule has 1 saturated carbocycles. The van der Waals surface area contributed by atoms with E-state index in [0.29, 0.717) is 11.4 Å². The third-order valence-corrected chi connectivity index (χ3v) is 5.50. The van der Waals surface area contributed by atoms with Gasteiger partial charge < -0.3 is 0 Å². The molecule has 2 aromatic rings. The van der Waals surface area contributed by atoms with Crippen LogP contribution in [0, 0.1) is 16.7 Å². The average molecular weight is 280 g/mol. The molecule has 1 heterocycles. The molecule has 0 unspecified atom stereocenters. The Kier molecular flexibility index (Phi) is 2.64. The number of fused-ring (bicyclic) bond motifs is 2. The van der Waals surface area contributed by atoms with Crippen molar-refractivity contribution in [2.75, 3.05) is 0 Å². The van der Waals surface area contributed by atoms with Crippen LogP contribution in [0.1, 0.15) is 46.4 Å². The predicted molar refractivity (Wildman–Crippen MR) is 83.7 cm³/mol. The van der Waals surface area contributed by atoms with Gasteiger partial charge >= 0.3 is 0 Å². The zero-order chi connectivity index (χ0) is 13.7. The van der Waals surface area contributed by atoms with Crippen LogP contribution in [0.3, 0.4) is 0 Å². The van der Waals surface area contributed by atoms with Crippen molar-refractivity contribution in [2.24, 2.45) is 5.92 Å². The van der Waals surface area contributed by atoms with Crippen molar-refractivity contribution in [1.82, 2.24) is 0 Å². The SMILES string of the molecule is N=C1c2ccsc2C(=N)c2c(CC3CCC3)cccc21. The highest BCUT2D eigenvalue weighted by Gasteiger charge is 2.29. The summed E-state index contributed by atoms with van der Waals surface area (Å²) in [6.45, 7) is 0. The number of nitrogens with one attached hydrogen (secondary N) is 2. The number of hydrogen-bond acceptors (Lipinski definition) is 3. The summed E-state index contributed by atoms with van der Waals surface area (Å²) in [5, 5.41) is 18.9. The third kappa shape index (κ3) is 1.63. The molecule has 20 heavy (non-hydrogen) atoms. The second-order valence-electron chi connectivity index (χ2n) is 5.75. The average Bonchev–Trinajstić information content (AvgIpc) is 2.89.